The van der Waals surface area contributed by atoms with Crippen LogP contribution in [-0.2, 0) is 4.79 Å². The highest BCUT2D eigenvalue weighted by molar-refractivity contribution is 5.77. The molecule has 5 heteroatoms. The maximum atomic E-state index is 11.0. The lowest BCUT2D eigenvalue weighted by Crippen LogP contribution is -2.41. The quantitative estimate of drug-likeness (QED) is 0.652. The molecule has 1 saturated heterocycles. The molecule has 15 heavy (non-hydrogen) atoms. The minimum absolute atomic E-state index is 0.121. The number of rotatable bonds is 2. The molecule has 1 aromatic rings. The summed E-state index contributed by atoms with van der Waals surface area (Å²) in [4.78, 5) is 14.9. The zero-order chi connectivity index (χ0) is 10.7. The molecule has 0 saturated carbocycles. The molecule has 2 rings (SSSR count). The molecule has 4 N–H and O–H groups in total. The summed E-state index contributed by atoms with van der Waals surface area (Å²) in [7, 11) is 0. The summed E-state index contributed by atoms with van der Waals surface area (Å²) < 4.78 is 0. The number of anilines is 2. The van der Waals surface area contributed by atoms with Gasteiger partial charge in [-0.3, -0.25) is 9.78 Å². The van der Waals surface area contributed by atoms with Crippen molar-refractivity contribution in [1.82, 2.24) is 10.3 Å². The molecule has 1 amide bonds. The maximum absolute atomic E-state index is 11.0. The Bertz CT molecular complexity index is 356. The van der Waals surface area contributed by atoms with E-state index in [1.807, 2.05) is 6.07 Å². The number of amides is 1. The Balaban J connectivity index is 1.97. The second-order valence-electron chi connectivity index (χ2n) is 3.65. The van der Waals surface area contributed by atoms with E-state index in [9.17, 15) is 4.79 Å². The number of nitrogen functional groups attached to an aromatic ring is 1. The van der Waals surface area contributed by atoms with E-state index in [0.717, 1.165) is 12.1 Å². The van der Waals surface area contributed by atoms with Crippen LogP contribution in [0.5, 0.6) is 0 Å². The van der Waals surface area contributed by atoms with Gasteiger partial charge in [-0.05, 0) is 12.5 Å². The summed E-state index contributed by atoms with van der Waals surface area (Å²) in [5.74, 6) is 0.121. The number of nitrogens with one attached hydrogen (secondary N) is 2. The summed E-state index contributed by atoms with van der Waals surface area (Å²) in [6, 6.07) is 2.10. The van der Waals surface area contributed by atoms with Crippen molar-refractivity contribution in [3.8, 4) is 0 Å². The predicted molar refractivity (Wildman–Crippen MR) is 58.3 cm³/mol. The number of carbonyl (C=O) groups excluding carboxylic acids is 1. The third-order valence-corrected chi connectivity index (χ3v) is 2.48. The lowest BCUT2D eigenvalue weighted by Gasteiger charge is -2.24. The van der Waals surface area contributed by atoms with Gasteiger partial charge in [-0.2, -0.15) is 0 Å². The van der Waals surface area contributed by atoms with E-state index in [1.54, 1.807) is 12.4 Å². The van der Waals surface area contributed by atoms with Gasteiger partial charge in [0, 0.05) is 25.2 Å². The van der Waals surface area contributed by atoms with E-state index >= 15 is 0 Å². The standard InChI is InChI=1S/C10H14N4O/c11-8-6-12-4-3-9(8)14-7-1-2-10(15)13-5-7/h3-4,6-7H,1-2,5,11H2,(H,12,14)(H,13,15). The lowest BCUT2D eigenvalue weighted by atomic mass is 10.1. The molecule has 0 bridgehead atoms. The molecule has 0 spiro atoms. The molecule has 1 aliphatic rings. The monoisotopic (exact) mass is 206 g/mol. The molecule has 0 radical (unpaired) electrons. The molecule has 1 aromatic heterocycles. The first-order valence-corrected chi connectivity index (χ1v) is 4.98. The minimum Gasteiger partial charge on any atom is -0.396 e. The van der Waals surface area contributed by atoms with Crippen LogP contribution in [0.2, 0.25) is 0 Å². The first-order valence-electron chi connectivity index (χ1n) is 4.98. The molecule has 2 heterocycles. The summed E-state index contributed by atoms with van der Waals surface area (Å²) in [5, 5.41) is 6.10. The number of hydrogen-bond donors (Lipinski definition) is 3. The van der Waals surface area contributed by atoms with Gasteiger partial charge >= 0.3 is 0 Å². The summed E-state index contributed by atoms with van der Waals surface area (Å²) >= 11 is 0. The zero-order valence-corrected chi connectivity index (χ0v) is 8.36. The zero-order valence-electron chi connectivity index (χ0n) is 8.36. The van der Waals surface area contributed by atoms with E-state index in [0.29, 0.717) is 18.7 Å². The third-order valence-electron chi connectivity index (χ3n) is 2.48. The van der Waals surface area contributed by atoms with Gasteiger partial charge < -0.3 is 16.4 Å². The van der Waals surface area contributed by atoms with Crippen LogP contribution in [0.4, 0.5) is 11.4 Å². The van der Waals surface area contributed by atoms with Crippen LogP contribution in [0.15, 0.2) is 18.5 Å². The first-order chi connectivity index (χ1) is 7.25. The van der Waals surface area contributed by atoms with Crippen LogP contribution in [0.1, 0.15) is 12.8 Å². The van der Waals surface area contributed by atoms with Gasteiger partial charge in [0.25, 0.3) is 0 Å². The molecule has 1 aliphatic heterocycles. The van der Waals surface area contributed by atoms with Gasteiger partial charge in [-0.1, -0.05) is 0 Å². The van der Waals surface area contributed by atoms with E-state index < -0.39 is 0 Å². The highest BCUT2D eigenvalue weighted by Crippen LogP contribution is 2.18. The highest BCUT2D eigenvalue weighted by atomic mass is 16.1. The van der Waals surface area contributed by atoms with Crippen molar-refractivity contribution in [1.29, 1.82) is 0 Å². The van der Waals surface area contributed by atoms with Crippen LogP contribution in [0.3, 0.4) is 0 Å². The number of nitrogens with zero attached hydrogens (tertiary/aromatic N) is 1. The van der Waals surface area contributed by atoms with Crippen molar-refractivity contribution in [2.75, 3.05) is 17.6 Å². The molecule has 1 atom stereocenters. The normalized spacial score (nSPS) is 20.8. The fourth-order valence-electron chi connectivity index (χ4n) is 1.61. The Labute approximate surface area is 88.1 Å². The summed E-state index contributed by atoms with van der Waals surface area (Å²) in [6.07, 6.45) is 4.72. The number of nitrogens with two attached hydrogens (primary N) is 1. The topological polar surface area (TPSA) is 80.0 Å². The Morgan fingerprint density at radius 1 is 1.60 bits per heavy atom. The molecular formula is C10H14N4O. The molecule has 80 valence electrons. The van der Waals surface area contributed by atoms with E-state index in [-0.39, 0.29) is 11.9 Å². The smallest absolute Gasteiger partial charge is 0.220 e. The molecule has 1 fully saturated rings. The molecule has 1 unspecified atom stereocenters. The second kappa shape index (κ2) is 4.16. The third kappa shape index (κ3) is 2.37. The predicted octanol–water partition coefficient (Wildman–Crippen LogP) is 0.354. The largest absolute Gasteiger partial charge is 0.396 e. The van der Waals surface area contributed by atoms with Crippen LogP contribution < -0.4 is 16.4 Å². The van der Waals surface area contributed by atoms with Crippen LogP contribution >= 0.6 is 0 Å². The fraction of sp³-hybridized carbons (Fsp3) is 0.400. The minimum atomic E-state index is 0.121. The van der Waals surface area contributed by atoms with Crippen molar-refractivity contribution in [2.24, 2.45) is 0 Å². The second-order valence-corrected chi connectivity index (χ2v) is 3.65. The van der Waals surface area contributed by atoms with Gasteiger partial charge in [-0.25, -0.2) is 0 Å². The van der Waals surface area contributed by atoms with Crippen molar-refractivity contribution in [3.63, 3.8) is 0 Å². The van der Waals surface area contributed by atoms with Crippen molar-refractivity contribution in [3.05, 3.63) is 18.5 Å². The van der Waals surface area contributed by atoms with Crippen molar-refractivity contribution in [2.45, 2.75) is 18.9 Å². The van der Waals surface area contributed by atoms with Crippen LogP contribution in [0, 0.1) is 0 Å². The Kier molecular flexibility index (Phi) is 2.71. The molecular weight excluding hydrogens is 192 g/mol. The van der Waals surface area contributed by atoms with Gasteiger partial charge in [0.2, 0.25) is 5.91 Å². The van der Waals surface area contributed by atoms with E-state index in [2.05, 4.69) is 15.6 Å². The summed E-state index contributed by atoms with van der Waals surface area (Å²) in [6.45, 7) is 0.653. The number of aromatic nitrogens is 1. The Morgan fingerprint density at radius 2 is 2.47 bits per heavy atom. The average Bonchev–Trinajstić information content (AvgIpc) is 2.25. The number of piperidine rings is 1. The van der Waals surface area contributed by atoms with Crippen molar-refractivity contribution >= 4 is 17.3 Å². The lowest BCUT2D eigenvalue weighted by molar-refractivity contribution is -0.122. The van der Waals surface area contributed by atoms with Gasteiger partial charge in [0.1, 0.15) is 0 Å². The van der Waals surface area contributed by atoms with Gasteiger partial charge in [0.05, 0.1) is 17.6 Å². The first kappa shape index (κ1) is 9.76. The average molecular weight is 206 g/mol. The molecule has 0 aliphatic carbocycles. The van der Waals surface area contributed by atoms with E-state index in [4.69, 9.17) is 5.73 Å². The molecule has 5 nitrogen and oxygen atoms in total. The van der Waals surface area contributed by atoms with Gasteiger partial charge in [0.15, 0.2) is 0 Å². The number of carbonyl (C=O) groups is 1. The van der Waals surface area contributed by atoms with Gasteiger partial charge in [-0.15, -0.1) is 0 Å². The fourth-order valence-corrected chi connectivity index (χ4v) is 1.61. The molecule has 0 aromatic carbocycles. The van der Waals surface area contributed by atoms with Crippen molar-refractivity contribution < 1.29 is 4.79 Å². The maximum Gasteiger partial charge on any atom is 0.220 e. The van der Waals surface area contributed by atoms with E-state index in [1.165, 1.54) is 0 Å². The SMILES string of the molecule is Nc1cnccc1NC1CCC(=O)NC1. The number of hydrogen-bond acceptors (Lipinski definition) is 4. The Morgan fingerprint density at radius 3 is 3.13 bits per heavy atom. The highest BCUT2D eigenvalue weighted by Gasteiger charge is 2.17. The number of pyridine rings is 1. The Hall–Kier alpha value is -1.78. The summed E-state index contributed by atoms with van der Waals surface area (Å²) in [5.41, 5.74) is 7.27. The van der Waals surface area contributed by atoms with Crippen LogP contribution in [-0.4, -0.2) is 23.5 Å². The van der Waals surface area contributed by atoms with Crippen LogP contribution in [0.25, 0.3) is 0 Å².